The number of nitrogens with two attached hydrogens (primary N) is 2. The summed E-state index contributed by atoms with van der Waals surface area (Å²) >= 11 is 15.7. The van der Waals surface area contributed by atoms with E-state index in [9.17, 15) is 4.79 Å². The number of nitrogens with zero attached hydrogens (tertiary/aromatic N) is 3. The number of carbonyl (C=O) groups excluding carboxylic acids is 1. The van der Waals surface area contributed by atoms with E-state index in [0.29, 0.717) is 35.4 Å². The van der Waals surface area contributed by atoms with Gasteiger partial charge in [-0.05, 0) is 77.9 Å². The first-order valence-corrected chi connectivity index (χ1v) is 14.8. The van der Waals surface area contributed by atoms with Gasteiger partial charge in [-0.25, -0.2) is 5.84 Å². The van der Waals surface area contributed by atoms with Gasteiger partial charge in [-0.3, -0.25) is 9.69 Å². The number of aromatic nitrogens is 1. The van der Waals surface area contributed by atoms with Crippen molar-refractivity contribution in [2.75, 3.05) is 18.1 Å². The Morgan fingerprint density at radius 3 is 2.63 bits per heavy atom. The number of fused-ring (bicyclic) bond motifs is 4. The lowest BCUT2D eigenvalue weighted by Gasteiger charge is -2.37. The molecular formula is C30H28BrClN6O2S. The van der Waals surface area contributed by atoms with Crippen LogP contribution in [-0.4, -0.2) is 45.1 Å². The first kappa shape index (κ1) is 27.6. The summed E-state index contributed by atoms with van der Waals surface area (Å²) in [5, 5.41) is 3.69. The lowest BCUT2D eigenvalue weighted by Crippen LogP contribution is -2.44. The first-order chi connectivity index (χ1) is 19.9. The predicted octanol–water partition coefficient (Wildman–Crippen LogP) is 5.61. The quantitative estimate of drug-likeness (QED) is 0.0986. The fourth-order valence-corrected chi connectivity index (χ4v) is 6.55. The highest BCUT2D eigenvalue weighted by Gasteiger charge is 2.51. The number of hydrazine groups is 1. The maximum absolute atomic E-state index is 13.9. The van der Waals surface area contributed by atoms with E-state index in [0.717, 1.165) is 44.4 Å². The molecule has 3 aromatic carbocycles. The van der Waals surface area contributed by atoms with Crippen LogP contribution in [0.4, 0.5) is 5.69 Å². The molecule has 1 fully saturated rings. The highest BCUT2D eigenvalue weighted by atomic mass is 79.9. The van der Waals surface area contributed by atoms with E-state index in [2.05, 4.69) is 37.9 Å². The molecule has 0 bridgehead atoms. The summed E-state index contributed by atoms with van der Waals surface area (Å²) in [4.78, 5) is 21.3. The number of thiocarbonyl (C=S) groups is 1. The smallest absolute Gasteiger partial charge is 0.256 e. The second-order valence-electron chi connectivity index (χ2n) is 10.0. The Morgan fingerprint density at radius 2 is 1.90 bits per heavy atom. The highest BCUT2D eigenvalue weighted by molar-refractivity contribution is 9.10. The molecule has 0 spiro atoms. The number of hydrogen-bond donors (Lipinski definition) is 3. The van der Waals surface area contributed by atoms with Crippen LogP contribution in [0.25, 0.3) is 10.9 Å². The fourth-order valence-electron chi connectivity index (χ4n) is 5.64. The van der Waals surface area contributed by atoms with Crippen LogP contribution in [0.2, 0.25) is 5.02 Å². The van der Waals surface area contributed by atoms with Crippen LogP contribution >= 0.6 is 39.7 Å². The minimum absolute atomic E-state index is 0.0456. The lowest BCUT2D eigenvalue weighted by atomic mass is 9.89. The van der Waals surface area contributed by atoms with E-state index in [4.69, 9.17) is 40.1 Å². The van der Waals surface area contributed by atoms with Gasteiger partial charge >= 0.3 is 0 Å². The topological polar surface area (TPSA) is 104 Å². The standard InChI is InChI=1S/C30H28BrClN6O2S/c31-19-4-11-25-23(16-19)24-17-26-29(39)37(21-7-5-20(32)6-8-21)30(41)38(26)28(27(24)35-25)18-2-9-22(10-3-18)40-15-1-13-36(34)14-12-33/h2-12,14,16,26,28,35H,1,13,15,17,33-34H2/b14-12-. The van der Waals surface area contributed by atoms with Crippen molar-refractivity contribution < 1.29 is 9.53 Å². The Morgan fingerprint density at radius 1 is 1.15 bits per heavy atom. The van der Waals surface area contributed by atoms with Crippen LogP contribution in [-0.2, 0) is 11.2 Å². The number of H-pyrrole nitrogens is 1. The second kappa shape index (κ2) is 11.4. The molecule has 8 nitrogen and oxygen atoms in total. The van der Waals surface area contributed by atoms with Crippen molar-refractivity contribution in [2.24, 2.45) is 11.6 Å². The molecule has 0 aliphatic carbocycles. The van der Waals surface area contributed by atoms with Crippen molar-refractivity contribution in [1.29, 1.82) is 0 Å². The fraction of sp³-hybridized carbons (Fsp3) is 0.200. The molecule has 4 aromatic rings. The van der Waals surface area contributed by atoms with E-state index in [1.165, 1.54) is 11.2 Å². The zero-order chi connectivity index (χ0) is 28.7. The normalized spacial score (nSPS) is 18.3. The monoisotopic (exact) mass is 650 g/mol. The average molecular weight is 652 g/mol. The van der Waals surface area contributed by atoms with Gasteiger partial charge in [0.25, 0.3) is 5.91 Å². The molecule has 11 heteroatoms. The third-order valence-corrected chi connectivity index (χ3v) is 8.63. The maximum atomic E-state index is 13.9. The van der Waals surface area contributed by atoms with Gasteiger partial charge in [-0.1, -0.05) is 39.7 Å². The van der Waals surface area contributed by atoms with Crippen LogP contribution in [0, 0.1) is 0 Å². The molecule has 41 heavy (non-hydrogen) atoms. The largest absolute Gasteiger partial charge is 0.494 e. The third-order valence-electron chi connectivity index (χ3n) is 7.49. The Balaban J connectivity index is 1.34. The van der Waals surface area contributed by atoms with Crippen molar-refractivity contribution in [1.82, 2.24) is 14.9 Å². The number of rotatable bonds is 8. The summed E-state index contributed by atoms with van der Waals surface area (Å²) in [6.07, 6.45) is 4.31. The molecule has 2 aliphatic heterocycles. The van der Waals surface area contributed by atoms with Gasteiger partial charge < -0.3 is 25.4 Å². The second-order valence-corrected chi connectivity index (χ2v) is 11.7. The summed E-state index contributed by atoms with van der Waals surface area (Å²) in [7, 11) is 0. The third kappa shape index (κ3) is 5.17. The number of amides is 1. The van der Waals surface area contributed by atoms with Crippen molar-refractivity contribution in [3.8, 4) is 5.75 Å². The Bertz CT molecular complexity index is 1640. The Labute approximate surface area is 256 Å². The minimum Gasteiger partial charge on any atom is -0.494 e. The van der Waals surface area contributed by atoms with E-state index >= 15 is 0 Å². The summed E-state index contributed by atoms with van der Waals surface area (Å²) in [6, 6.07) is 20.6. The molecule has 1 amide bonds. The predicted molar refractivity (Wildman–Crippen MR) is 169 cm³/mol. The van der Waals surface area contributed by atoms with Gasteiger partial charge in [0.05, 0.1) is 18.3 Å². The Kier molecular flexibility index (Phi) is 7.65. The summed E-state index contributed by atoms with van der Waals surface area (Å²) < 4.78 is 6.94. The molecule has 2 atom stereocenters. The van der Waals surface area contributed by atoms with Crippen LogP contribution in [0.3, 0.4) is 0 Å². The molecule has 0 saturated carbocycles. The molecule has 210 valence electrons. The van der Waals surface area contributed by atoms with Crippen LogP contribution in [0.1, 0.15) is 29.3 Å². The number of hydrogen-bond acceptors (Lipinski definition) is 6. The maximum Gasteiger partial charge on any atom is 0.256 e. The number of ether oxygens (including phenoxy) is 1. The van der Waals surface area contributed by atoms with Crippen molar-refractivity contribution in [2.45, 2.75) is 24.9 Å². The summed E-state index contributed by atoms with van der Waals surface area (Å²) in [6.45, 7) is 1.14. The van der Waals surface area contributed by atoms with Gasteiger partial charge in [0.2, 0.25) is 0 Å². The van der Waals surface area contributed by atoms with Gasteiger partial charge in [0, 0.05) is 57.9 Å². The van der Waals surface area contributed by atoms with E-state index in [1.54, 1.807) is 23.2 Å². The van der Waals surface area contributed by atoms with Gasteiger partial charge in [-0.15, -0.1) is 0 Å². The molecule has 1 saturated heterocycles. The van der Waals surface area contributed by atoms with Crippen LogP contribution < -0.4 is 21.2 Å². The number of carbonyl (C=O) groups is 1. The van der Waals surface area contributed by atoms with E-state index < -0.39 is 6.04 Å². The number of nitrogens with one attached hydrogen (secondary N) is 1. The van der Waals surface area contributed by atoms with Gasteiger partial charge in [0.15, 0.2) is 5.11 Å². The molecule has 2 unspecified atom stereocenters. The van der Waals surface area contributed by atoms with Gasteiger partial charge in [0.1, 0.15) is 11.8 Å². The van der Waals surface area contributed by atoms with E-state index in [-0.39, 0.29) is 11.9 Å². The van der Waals surface area contributed by atoms with E-state index in [1.807, 2.05) is 42.5 Å². The highest BCUT2D eigenvalue weighted by Crippen LogP contribution is 2.45. The minimum atomic E-state index is -0.439. The first-order valence-electron chi connectivity index (χ1n) is 13.2. The van der Waals surface area contributed by atoms with Gasteiger partial charge in [-0.2, -0.15) is 0 Å². The average Bonchev–Trinajstić information content (AvgIpc) is 3.45. The molecule has 1 aromatic heterocycles. The molecule has 6 rings (SSSR count). The van der Waals surface area contributed by atoms with Crippen molar-refractivity contribution in [3.63, 3.8) is 0 Å². The summed E-state index contributed by atoms with van der Waals surface area (Å²) in [5.41, 5.74) is 10.3. The van der Waals surface area contributed by atoms with Crippen LogP contribution in [0.5, 0.6) is 5.75 Å². The Hall–Kier alpha value is -3.57. The lowest BCUT2D eigenvalue weighted by molar-refractivity contribution is -0.120. The number of benzene rings is 3. The zero-order valence-electron chi connectivity index (χ0n) is 22.0. The SMILES string of the molecule is N/C=C\N(N)CCCOc1ccc(C2c3[nH]c4ccc(Br)cc4c3CC3C(=O)N(c4ccc(Cl)cc4)C(=S)N32)cc1. The zero-order valence-corrected chi connectivity index (χ0v) is 25.1. The number of halogens is 2. The molecule has 2 aliphatic rings. The molecule has 5 N–H and O–H groups in total. The van der Waals surface area contributed by atoms with Crippen molar-refractivity contribution >= 4 is 67.4 Å². The van der Waals surface area contributed by atoms with Crippen molar-refractivity contribution in [3.05, 3.63) is 105 Å². The van der Waals surface area contributed by atoms with Crippen LogP contribution in [0.15, 0.2) is 83.6 Å². The summed E-state index contributed by atoms with van der Waals surface area (Å²) in [5.74, 6) is 6.52. The molecule has 0 radical (unpaired) electrons. The molecule has 3 heterocycles. The number of anilines is 1. The number of aromatic amines is 1. The molecular weight excluding hydrogens is 624 g/mol.